The van der Waals surface area contributed by atoms with Gasteiger partial charge in [-0.3, -0.25) is 4.98 Å². The molecular formula is C16H25BN2O3. The van der Waals surface area contributed by atoms with E-state index >= 15 is 0 Å². The van der Waals surface area contributed by atoms with E-state index in [0.29, 0.717) is 6.54 Å². The van der Waals surface area contributed by atoms with Crippen LogP contribution in [0, 0.1) is 0 Å². The maximum Gasteiger partial charge on any atom is 0.491 e. The molecule has 0 bridgehead atoms. The number of nitrogens with zero attached hydrogens (tertiary/aromatic N) is 1. The van der Waals surface area contributed by atoms with Gasteiger partial charge in [-0.05, 0) is 58.4 Å². The summed E-state index contributed by atoms with van der Waals surface area (Å²) in [6.45, 7) is 8.84. The quantitative estimate of drug-likeness (QED) is 0.846. The first kappa shape index (κ1) is 17.0. The number of ether oxygens (including phenoxy) is 1. The fraction of sp³-hybridized carbons (Fsp3) is 0.562. The summed E-state index contributed by atoms with van der Waals surface area (Å²) in [6, 6.07) is 3.74. The van der Waals surface area contributed by atoms with E-state index in [1.165, 1.54) is 0 Å². The number of hydrogen-bond donors (Lipinski definition) is 1. The Hall–Kier alpha value is -1.37. The van der Waals surface area contributed by atoms with Crippen molar-refractivity contribution in [1.82, 2.24) is 10.3 Å². The van der Waals surface area contributed by atoms with E-state index in [9.17, 15) is 0 Å². The van der Waals surface area contributed by atoms with Gasteiger partial charge in [0.2, 0.25) is 0 Å². The number of rotatable bonds is 5. The minimum absolute atomic E-state index is 0.362. The van der Waals surface area contributed by atoms with Gasteiger partial charge in [0.1, 0.15) is 11.4 Å². The Morgan fingerprint density at radius 1 is 1.32 bits per heavy atom. The van der Waals surface area contributed by atoms with Gasteiger partial charge in [0.15, 0.2) is 0 Å². The number of likely N-dealkylation sites (N-methyl/N-ethyl adjacent to an activating group) is 1. The third kappa shape index (κ3) is 3.34. The largest absolute Gasteiger partial charge is 0.494 e. The van der Waals surface area contributed by atoms with E-state index in [-0.39, 0.29) is 11.2 Å². The van der Waals surface area contributed by atoms with Crippen LogP contribution < -0.4 is 10.1 Å². The Kier molecular flexibility index (Phi) is 4.95. The molecule has 1 N–H and O–H groups in total. The fourth-order valence-electron chi connectivity index (χ4n) is 2.26. The number of aromatic nitrogens is 1. The second-order valence-corrected chi connectivity index (χ2v) is 6.43. The summed E-state index contributed by atoms with van der Waals surface area (Å²) in [5.41, 5.74) is 1.03. The summed E-state index contributed by atoms with van der Waals surface area (Å²) in [5, 5.41) is 3.16. The molecule has 0 spiro atoms. The van der Waals surface area contributed by atoms with Crippen LogP contribution in [-0.4, -0.2) is 44.0 Å². The highest BCUT2D eigenvalue weighted by Gasteiger charge is 2.52. The summed E-state index contributed by atoms with van der Waals surface area (Å²) >= 11 is 0. The van der Waals surface area contributed by atoms with Gasteiger partial charge in [0, 0.05) is 12.7 Å². The minimum atomic E-state index is -0.399. The predicted octanol–water partition coefficient (Wildman–Crippen LogP) is 2.32. The second-order valence-electron chi connectivity index (χ2n) is 6.43. The zero-order chi connectivity index (χ0) is 16.4. The lowest BCUT2D eigenvalue weighted by atomic mass is 9.77. The van der Waals surface area contributed by atoms with Crippen LogP contribution in [0.15, 0.2) is 23.8 Å². The average molecular weight is 304 g/mol. The first-order valence-electron chi connectivity index (χ1n) is 7.50. The molecule has 22 heavy (non-hydrogen) atoms. The van der Waals surface area contributed by atoms with Crippen molar-refractivity contribution in [3.05, 3.63) is 29.5 Å². The lowest BCUT2D eigenvalue weighted by Gasteiger charge is -2.32. The highest BCUT2D eigenvalue weighted by atomic mass is 16.7. The van der Waals surface area contributed by atoms with Gasteiger partial charge in [-0.15, -0.1) is 0 Å². The van der Waals surface area contributed by atoms with E-state index < -0.39 is 7.12 Å². The Morgan fingerprint density at radius 3 is 2.50 bits per heavy atom. The topological polar surface area (TPSA) is 52.6 Å². The van der Waals surface area contributed by atoms with Crippen LogP contribution in [0.25, 0.3) is 6.08 Å². The zero-order valence-corrected chi connectivity index (χ0v) is 14.3. The minimum Gasteiger partial charge on any atom is -0.494 e. The maximum absolute atomic E-state index is 6.13. The first-order chi connectivity index (χ1) is 10.3. The van der Waals surface area contributed by atoms with Crippen LogP contribution in [0.4, 0.5) is 0 Å². The van der Waals surface area contributed by atoms with Gasteiger partial charge < -0.3 is 19.4 Å². The summed E-state index contributed by atoms with van der Waals surface area (Å²) in [4.78, 5) is 4.38. The molecule has 0 atom stereocenters. The van der Waals surface area contributed by atoms with Crippen LogP contribution in [0.3, 0.4) is 0 Å². The molecule has 0 amide bonds. The van der Waals surface area contributed by atoms with Crippen molar-refractivity contribution in [2.45, 2.75) is 38.9 Å². The standard InChI is InChI=1S/C16H25BN2O3/c1-15(2)16(3,4)22-17(21-15)12(11-18-5)10-13-14(20-6)8-7-9-19-13/h7-10,18H,11H2,1-6H3. The molecule has 1 fully saturated rings. The van der Waals surface area contributed by atoms with Crippen LogP contribution in [0.1, 0.15) is 33.4 Å². The Labute approximate surface area is 133 Å². The summed E-state index contributed by atoms with van der Waals surface area (Å²) in [7, 11) is 3.14. The van der Waals surface area contributed by atoms with Crippen LogP contribution >= 0.6 is 0 Å². The van der Waals surface area contributed by atoms with E-state index in [1.807, 2.05) is 53.0 Å². The third-order valence-electron chi connectivity index (χ3n) is 4.28. The Morgan fingerprint density at radius 2 is 1.95 bits per heavy atom. The molecule has 0 radical (unpaired) electrons. The second kappa shape index (κ2) is 6.40. The summed E-state index contributed by atoms with van der Waals surface area (Å²) < 4.78 is 17.6. The molecule has 0 aromatic carbocycles. The maximum atomic E-state index is 6.13. The van der Waals surface area contributed by atoms with Crippen molar-refractivity contribution in [3.63, 3.8) is 0 Å². The van der Waals surface area contributed by atoms with Crippen molar-refractivity contribution in [1.29, 1.82) is 0 Å². The highest BCUT2D eigenvalue weighted by Crippen LogP contribution is 2.38. The SMILES string of the molecule is CNCC(=Cc1ncccc1OC)B1OC(C)(C)C(C)(C)O1. The summed E-state index contributed by atoms with van der Waals surface area (Å²) in [6.07, 6.45) is 3.72. The molecule has 120 valence electrons. The van der Waals surface area contributed by atoms with Gasteiger partial charge in [-0.1, -0.05) is 0 Å². The molecule has 0 aliphatic carbocycles. The predicted molar refractivity (Wildman–Crippen MR) is 88.8 cm³/mol. The van der Waals surface area contributed by atoms with E-state index in [1.54, 1.807) is 13.3 Å². The van der Waals surface area contributed by atoms with Crippen LogP contribution in [0.5, 0.6) is 5.75 Å². The molecule has 1 aromatic heterocycles. The van der Waals surface area contributed by atoms with Crippen molar-refractivity contribution in [2.75, 3.05) is 20.7 Å². The van der Waals surface area contributed by atoms with Gasteiger partial charge in [-0.2, -0.15) is 0 Å². The van der Waals surface area contributed by atoms with Gasteiger partial charge in [-0.25, -0.2) is 0 Å². The number of pyridine rings is 1. The third-order valence-corrected chi connectivity index (χ3v) is 4.28. The fourth-order valence-corrected chi connectivity index (χ4v) is 2.26. The molecular weight excluding hydrogens is 279 g/mol. The lowest BCUT2D eigenvalue weighted by Crippen LogP contribution is -2.41. The van der Waals surface area contributed by atoms with E-state index in [2.05, 4.69) is 10.3 Å². The highest BCUT2D eigenvalue weighted by molar-refractivity contribution is 6.55. The smallest absolute Gasteiger partial charge is 0.491 e. The summed E-state index contributed by atoms with van der Waals surface area (Å²) in [5.74, 6) is 0.729. The van der Waals surface area contributed by atoms with Crippen LogP contribution in [-0.2, 0) is 9.31 Å². The average Bonchev–Trinajstić information content (AvgIpc) is 2.67. The Balaban J connectivity index is 2.33. The van der Waals surface area contributed by atoms with E-state index in [0.717, 1.165) is 16.9 Å². The molecule has 1 aliphatic heterocycles. The number of methoxy groups -OCH3 is 1. The van der Waals surface area contributed by atoms with Gasteiger partial charge >= 0.3 is 7.12 Å². The monoisotopic (exact) mass is 304 g/mol. The number of nitrogens with one attached hydrogen (secondary N) is 1. The molecule has 0 unspecified atom stereocenters. The van der Waals surface area contributed by atoms with Crippen molar-refractivity contribution < 1.29 is 14.0 Å². The molecule has 1 saturated heterocycles. The van der Waals surface area contributed by atoms with Crippen molar-refractivity contribution >= 4 is 13.2 Å². The Bertz CT molecular complexity index is 542. The van der Waals surface area contributed by atoms with Gasteiger partial charge in [0.05, 0.1) is 18.3 Å². The number of hydrogen-bond acceptors (Lipinski definition) is 5. The van der Waals surface area contributed by atoms with E-state index in [4.69, 9.17) is 14.0 Å². The molecule has 5 nitrogen and oxygen atoms in total. The molecule has 0 saturated carbocycles. The molecule has 2 rings (SSSR count). The van der Waals surface area contributed by atoms with Gasteiger partial charge in [0.25, 0.3) is 0 Å². The zero-order valence-electron chi connectivity index (χ0n) is 14.3. The van der Waals surface area contributed by atoms with Crippen LogP contribution in [0.2, 0.25) is 0 Å². The van der Waals surface area contributed by atoms with Crippen molar-refractivity contribution in [3.8, 4) is 5.75 Å². The molecule has 2 heterocycles. The molecule has 1 aromatic rings. The lowest BCUT2D eigenvalue weighted by molar-refractivity contribution is 0.00578. The normalized spacial score (nSPS) is 20.3. The molecule has 6 heteroatoms. The molecule has 1 aliphatic rings. The first-order valence-corrected chi connectivity index (χ1v) is 7.50. The van der Waals surface area contributed by atoms with Crippen molar-refractivity contribution in [2.24, 2.45) is 0 Å².